The Labute approximate surface area is 97.2 Å². The molecule has 3 nitrogen and oxygen atoms in total. The molecular weight excluding hydrogens is 200 g/mol. The normalized spacial score (nSPS) is 10.4. The number of hydrogen-bond donors (Lipinski definition) is 2. The van der Waals surface area contributed by atoms with Gasteiger partial charge in [0.15, 0.2) is 0 Å². The second kappa shape index (κ2) is 7.01. The molecule has 0 radical (unpaired) electrons. The second-order valence-electron chi connectivity index (χ2n) is 4.26. The lowest BCUT2D eigenvalue weighted by Crippen LogP contribution is -2.24. The molecule has 1 aromatic rings. The average Bonchev–Trinajstić information content (AvgIpc) is 2.25. The number of nitrogens with one attached hydrogen (secondary N) is 2. The summed E-state index contributed by atoms with van der Waals surface area (Å²) in [5, 5.41) is 6.09. The third-order valence-corrected chi connectivity index (χ3v) is 2.14. The van der Waals surface area contributed by atoms with Gasteiger partial charge in [-0.1, -0.05) is 32.0 Å². The number of amides is 1. The van der Waals surface area contributed by atoms with Gasteiger partial charge in [0, 0.05) is 18.7 Å². The van der Waals surface area contributed by atoms with Crippen molar-refractivity contribution in [2.45, 2.75) is 20.3 Å². The van der Waals surface area contributed by atoms with Crippen LogP contribution in [0.15, 0.2) is 30.3 Å². The van der Waals surface area contributed by atoms with Crippen LogP contribution in [-0.4, -0.2) is 19.0 Å². The third kappa shape index (κ3) is 5.51. The molecule has 1 aromatic carbocycles. The minimum absolute atomic E-state index is 0.0578. The molecule has 0 aliphatic heterocycles. The van der Waals surface area contributed by atoms with Gasteiger partial charge in [-0.3, -0.25) is 4.79 Å². The van der Waals surface area contributed by atoms with Gasteiger partial charge in [-0.25, -0.2) is 0 Å². The first-order chi connectivity index (χ1) is 7.68. The van der Waals surface area contributed by atoms with Gasteiger partial charge in [-0.05, 0) is 24.6 Å². The lowest BCUT2D eigenvalue weighted by atomic mass is 10.2. The average molecular weight is 220 g/mol. The van der Waals surface area contributed by atoms with Crippen molar-refractivity contribution in [2.24, 2.45) is 5.92 Å². The molecule has 0 saturated heterocycles. The molecule has 3 heteroatoms. The van der Waals surface area contributed by atoms with Crippen LogP contribution in [0.3, 0.4) is 0 Å². The van der Waals surface area contributed by atoms with Crippen molar-refractivity contribution in [3.05, 3.63) is 30.3 Å². The summed E-state index contributed by atoms with van der Waals surface area (Å²) in [5.74, 6) is 0.680. The number of anilines is 1. The highest BCUT2D eigenvalue weighted by Crippen LogP contribution is 2.04. The maximum Gasteiger partial charge on any atom is 0.225 e. The van der Waals surface area contributed by atoms with E-state index in [0.717, 1.165) is 18.8 Å². The molecule has 0 atom stereocenters. The SMILES string of the molecule is CC(C)CNCCC(=O)Nc1ccccc1. The highest BCUT2D eigenvalue weighted by atomic mass is 16.1. The van der Waals surface area contributed by atoms with Gasteiger partial charge in [0.1, 0.15) is 0 Å². The summed E-state index contributed by atoms with van der Waals surface area (Å²) in [6, 6.07) is 9.53. The first kappa shape index (κ1) is 12.7. The Balaban J connectivity index is 2.17. The van der Waals surface area contributed by atoms with Gasteiger partial charge < -0.3 is 10.6 Å². The van der Waals surface area contributed by atoms with E-state index in [2.05, 4.69) is 24.5 Å². The molecule has 1 rings (SSSR count). The molecule has 0 heterocycles. The largest absolute Gasteiger partial charge is 0.326 e. The van der Waals surface area contributed by atoms with Crippen LogP contribution in [0.1, 0.15) is 20.3 Å². The highest BCUT2D eigenvalue weighted by Gasteiger charge is 2.01. The monoisotopic (exact) mass is 220 g/mol. The molecule has 0 bridgehead atoms. The van der Waals surface area contributed by atoms with Crippen molar-refractivity contribution >= 4 is 11.6 Å². The van der Waals surface area contributed by atoms with E-state index in [-0.39, 0.29) is 5.91 Å². The third-order valence-electron chi connectivity index (χ3n) is 2.14. The van der Waals surface area contributed by atoms with E-state index in [4.69, 9.17) is 0 Å². The molecule has 0 unspecified atom stereocenters. The summed E-state index contributed by atoms with van der Waals surface area (Å²) >= 11 is 0. The summed E-state index contributed by atoms with van der Waals surface area (Å²) in [6.07, 6.45) is 0.515. The van der Waals surface area contributed by atoms with Gasteiger partial charge in [-0.2, -0.15) is 0 Å². The molecule has 2 N–H and O–H groups in total. The van der Waals surface area contributed by atoms with Crippen molar-refractivity contribution < 1.29 is 4.79 Å². The van der Waals surface area contributed by atoms with Crippen molar-refractivity contribution in [1.82, 2.24) is 5.32 Å². The molecule has 0 spiro atoms. The molecule has 0 aromatic heterocycles. The van der Waals surface area contributed by atoms with E-state index in [1.54, 1.807) is 0 Å². The summed E-state index contributed by atoms with van der Waals surface area (Å²) < 4.78 is 0. The van der Waals surface area contributed by atoms with Crippen LogP contribution >= 0.6 is 0 Å². The maximum atomic E-state index is 11.5. The van der Waals surface area contributed by atoms with Crippen molar-refractivity contribution in [3.63, 3.8) is 0 Å². The Morgan fingerprint density at radius 2 is 1.94 bits per heavy atom. The standard InChI is InChI=1S/C13H20N2O/c1-11(2)10-14-9-8-13(16)15-12-6-4-3-5-7-12/h3-7,11,14H,8-10H2,1-2H3,(H,15,16). The molecule has 0 aliphatic rings. The molecule has 1 amide bonds. The van der Waals surface area contributed by atoms with Crippen LogP contribution in [0.25, 0.3) is 0 Å². The second-order valence-corrected chi connectivity index (χ2v) is 4.26. The predicted octanol–water partition coefficient (Wildman–Crippen LogP) is 2.26. The van der Waals surface area contributed by atoms with Crippen molar-refractivity contribution in [1.29, 1.82) is 0 Å². The van der Waals surface area contributed by atoms with Crippen LogP contribution in [0.2, 0.25) is 0 Å². The number of para-hydroxylation sites is 1. The fourth-order valence-corrected chi connectivity index (χ4v) is 1.34. The molecule has 16 heavy (non-hydrogen) atoms. The Hall–Kier alpha value is -1.35. The Bertz CT molecular complexity index is 309. The zero-order valence-corrected chi connectivity index (χ0v) is 9.99. The van der Waals surface area contributed by atoms with Gasteiger partial charge in [0.05, 0.1) is 0 Å². The molecule has 0 aliphatic carbocycles. The number of benzene rings is 1. The van der Waals surface area contributed by atoms with E-state index < -0.39 is 0 Å². The van der Waals surface area contributed by atoms with Gasteiger partial charge in [0.2, 0.25) is 5.91 Å². The van der Waals surface area contributed by atoms with E-state index in [1.807, 2.05) is 30.3 Å². The summed E-state index contributed by atoms with van der Waals surface area (Å²) in [4.78, 5) is 11.5. The van der Waals surface area contributed by atoms with Crippen LogP contribution in [0, 0.1) is 5.92 Å². The molecule has 0 saturated carbocycles. The molecular formula is C13H20N2O. The quantitative estimate of drug-likeness (QED) is 0.722. The van der Waals surface area contributed by atoms with E-state index in [9.17, 15) is 4.79 Å². The fraction of sp³-hybridized carbons (Fsp3) is 0.462. The highest BCUT2D eigenvalue weighted by molar-refractivity contribution is 5.90. The number of carbonyl (C=O) groups excluding carboxylic acids is 1. The zero-order chi connectivity index (χ0) is 11.8. The van der Waals surface area contributed by atoms with Crippen LogP contribution < -0.4 is 10.6 Å². The predicted molar refractivity (Wildman–Crippen MR) is 67.4 cm³/mol. The van der Waals surface area contributed by atoms with Crippen molar-refractivity contribution in [3.8, 4) is 0 Å². The van der Waals surface area contributed by atoms with Crippen LogP contribution in [0.4, 0.5) is 5.69 Å². The van der Waals surface area contributed by atoms with Crippen LogP contribution in [-0.2, 0) is 4.79 Å². The van der Waals surface area contributed by atoms with Crippen LogP contribution in [0.5, 0.6) is 0 Å². The summed E-state index contributed by atoms with van der Waals surface area (Å²) in [5.41, 5.74) is 0.858. The number of carbonyl (C=O) groups is 1. The zero-order valence-electron chi connectivity index (χ0n) is 9.99. The van der Waals surface area contributed by atoms with E-state index in [1.165, 1.54) is 0 Å². The number of rotatable bonds is 6. The number of hydrogen-bond acceptors (Lipinski definition) is 2. The van der Waals surface area contributed by atoms with E-state index >= 15 is 0 Å². The maximum absolute atomic E-state index is 11.5. The Morgan fingerprint density at radius 3 is 2.56 bits per heavy atom. The first-order valence-corrected chi connectivity index (χ1v) is 5.74. The minimum Gasteiger partial charge on any atom is -0.326 e. The Morgan fingerprint density at radius 1 is 1.25 bits per heavy atom. The lowest BCUT2D eigenvalue weighted by molar-refractivity contribution is -0.116. The fourth-order valence-electron chi connectivity index (χ4n) is 1.34. The van der Waals surface area contributed by atoms with Gasteiger partial charge in [-0.15, -0.1) is 0 Å². The first-order valence-electron chi connectivity index (χ1n) is 5.74. The van der Waals surface area contributed by atoms with E-state index in [0.29, 0.717) is 12.3 Å². The van der Waals surface area contributed by atoms with Crippen molar-refractivity contribution in [2.75, 3.05) is 18.4 Å². The van der Waals surface area contributed by atoms with Gasteiger partial charge in [0.25, 0.3) is 0 Å². The lowest BCUT2D eigenvalue weighted by Gasteiger charge is -2.07. The minimum atomic E-state index is 0.0578. The topological polar surface area (TPSA) is 41.1 Å². The summed E-state index contributed by atoms with van der Waals surface area (Å²) in [6.45, 7) is 5.99. The molecule has 0 fully saturated rings. The van der Waals surface area contributed by atoms with Gasteiger partial charge >= 0.3 is 0 Å². The summed E-state index contributed by atoms with van der Waals surface area (Å²) in [7, 11) is 0. The molecule has 88 valence electrons. The Kier molecular flexibility index (Phi) is 5.57. The smallest absolute Gasteiger partial charge is 0.225 e.